The molecule has 0 aliphatic carbocycles. The predicted octanol–water partition coefficient (Wildman–Crippen LogP) is 1.36. The van der Waals surface area contributed by atoms with E-state index in [1.54, 1.807) is 6.92 Å². The molecular weight excluding hydrogens is 336 g/mol. The maximum Gasteiger partial charge on any atom is 0.300 e. The van der Waals surface area contributed by atoms with Crippen LogP contribution < -0.4 is 4.72 Å². The number of hydrogen-bond donors (Lipinski definition) is 1. The van der Waals surface area contributed by atoms with Crippen molar-refractivity contribution >= 4 is 49.4 Å². The van der Waals surface area contributed by atoms with E-state index in [4.69, 9.17) is 11.6 Å². The topological polar surface area (TPSA) is 106 Å². The van der Waals surface area contributed by atoms with Crippen LogP contribution in [-0.4, -0.2) is 35.6 Å². The van der Waals surface area contributed by atoms with Crippen LogP contribution in [0.5, 0.6) is 0 Å². The highest BCUT2D eigenvalue weighted by Gasteiger charge is 2.26. The van der Waals surface area contributed by atoms with Gasteiger partial charge in [-0.1, -0.05) is 11.6 Å². The van der Waals surface area contributed by atoms with E-state index in [0.29, 0.717) is 11.3 Å². The molecule has 1 aromatic rings. The molecule has 0 radical (unpaired) electrons. The van der Waals surface area contributed by atoms with E-state index in [9.17, 15) is 22.7 Å². The molecule has 0 amide bonds. The van der Waals surface area contributed by atoms with Crippen LogP contribution in [0.25, 0.3) is 0 Å². The number of halogens is 1. The van der Waals surface area contributed by atoms with Gasteiger partial charge < -0.3 is 0 Å². The third-order valence-electron chi connectivity index (χ3n) is 1.95. The van der Waals surface area contributed by atoms with Crippen molar-refractivity contribution in [3.8, 4) is 0 Å². The van der Waals surface area contributed by atoms with E-state index >= 15 is 0 Å². The molecular formula is C8H11ClN2O5S3. The third kappa shape index (κ3) is 4.49. The average Bonchev–Trinajstić information content (AvgIpc) is 2.58. The summed E-state index contributed by atoms with van der Waals surface area (Å²) in [6.45, 7) is 1.56. The minimum atomic E-state index is -3.90. The lowest BCUT2D eigenvalue weighted by Crippen LogP contribution is -2.35. The maximum absolute atomic E-state index is 11.9. The molecule has 0 aliphatic heterocycles. The molecule has 2 atom stereocenters. The van der Waals surface area contributed by atoms with Gasteiger partial charge in [0.1, 0.15) is 4.21 Å². The van der Waals surface area contributed by atoms with E-state index in [2.05, 4.69) is 4.72 Å². The van der Waals surface area contributed by atoms with E-state index in [0.717, 1.165) is 6.07 Å². The summed E-state index contributed by atoms with van der Waals surface area (Å²) in [5, 5.41) is 10.6. The van der Waals surface area contributed by atoms with Crippen molar-refractivity contribution in [3.05, 3.63) is 20.5 Å². The summed E-state index contributed by atoms with van der Waals surface area (Å²) in [6, 6.07) is 0.362. The van der Waals surface area contributed by atoms with Crippen LogP contribution in [0.15, 0.2) is 10.3 Å². The zero-order chi connectivity index (χ0) is 14.8. The number of nitrogens with one attached hydrogen (secondary N) is 1. The molecule has 7 nitrogen and oxygen atoms in total. The number of nitrogens with zero attached hydrogens (tertiary/aromatic N) is 1. The molecule has 11 heteroatoms. The second-order valence-electron chi connectivity index (χ2n) is 3.74. The molecule has 0 aromatic carbocycles. The Morgan fingerprint density at radius 1 is 1.63 bits per heavy atom. The van der Waals surface area contributed by atoms with Gasteiger partial charge in [0.05, 0.1) is 4.92 Å². The van der Waals surface area contributed by atoms with E-state index in [1.807, 2.05) is 0 Å². The first-order valence-corrected chi connectivity index (χ1v) is 9.30. The molecule has 1 N–H and O–H groups in total. The standard InChI is InChI=1S/C8H11ClN2O5S3/c1-5(4-18(2)14)10-19(15,16)7-3-6(11(12)13)8(9)17-7/h3,5,10H,4H2,1-2H3. The van der Waals surface area contributed by atoms with Crippen LogP contribution in [0.2, 0.25) is 4.34 Å². The second kappa shape index (κ2) is 6.27. The molecule has 2 unspecified atom stereocenters. The maximum atomic E-state index is 11.9. The van der Waals surface area contributed by atoms with Gasteiger partial charge in [0.15, 0.2) is 4.34 Å². The first-order chi connectivity index (χ1) is 8.63. The Balaban J connectivity index is 2.98. The van der Waals surface area contributed by atoms with Crippen LogP contribution in [0, 0.1) is 10.1 Å². The van der Waals surface area contributed by atoms with E-state index < -0.39 is 37.5 Å². The number of hydrogen-bond acceptors (Lipinski definition) is 6. The fourth-order valence-corrected chi connectivity index (χ4v) is 5.12. The van der Waals surface area contributed by atoms with E-state index in [1.165, 1.54) is 6.26 Å². The van der Waals surface area contributed by atoms with Crippen molar-refractivity contribution in [3.63, 3.8) is 0 Å². The van der Waals surface area contributed by atoms with Gasteiger partial charge in [-0.2, -0.15) is 0 Å². The molecule has 0 fully saturated rings. The Labute approximate surface area is 121 Å². The molecule has 108 valence electrons. The molecule has 19 heavy (non-hydrogen) atoms. The summed E-state index contributed by atoms with van der Waals surface area (Å²) in [6.07, 6.45) is 1.46. The molecule has 0 aliphatic rings. The fourth-order valence-electron chi connectivity index (χ4n) is 1.30. The number of rotatable bonds is 6. The summed E-state index contributed by atoms with van der Waals surface area (Å²) in [4.78, 5) is 9.85. The largest absolute Gasteiger partial charge is 0.300 e. The molecule has 1 rings (SSSR count). The quantitative estimate of drug-likeness (QED) is 0.618. The van der Waals surface area contributed by atoms with Crippen LogP contribution >= 0.6 is 22.9 Å². The Morgan fingerprint density at radius 3 is 2.63 bits per heavy atom. The van der Waals surface area contributed by atoms with Crippen molar-refractivity contribution in [1.82, 2.24) is 4.72 Å². The Morgan fingerprint density at radius 2 is 2.21 bits per heavy atom. The minimum Gasteiger partial charge on any atom is -0.260 e. The molecule has 1 heterocycles. The molecule has 0 saturated carbocycles. The lowest BCUT2D eigenvalue weighted by Gasteiger charge is -2.11. The predicted molar refractivity (Wildman–Crippen MR) is 74.7 cm³/mol. The fraction of sp³-hybridized carbons (Fsp3) is 0.500. The van der Waals surface area contributed by atoms with Gasteiger partial charge in [0.2, 0.25) is 0 Å². The summed E-state index contributed by atoms with van der Waals surface area (Å²) in [5.41, 5.74) is -0.446. The zero-order valence-corrected chi connectivity index (χ0v) is 13.2. The van der Waals surface area contributed by atoms with E-state index in [-0.39, 0.29) is 14.3 Å². The molecule has 1 aromatic heterocycles. The van der Waals surface area contributed by atoms with Crippen molar-refractivity contribution in [2.75, 3.05) is 12.0 Å². The van der Waals surface area contributed by atoms with Crippen molar-refractivity contribution in [1.29, 1.82) is 0 Å². The van der Waals surface area contributed by atoms with Crippen LogP contribution in [0.4, 0.5) is 5.69 Å². The van der Waals surface area contributed by atoms with Gasteiger partial charge >= 0.3 is 0 Å². The average molecular weight is 347 g/mol. The number of nitro groups is 1. The van der Waals surface area contributed by atoms with Gasteiger partial charge in [-0.25, -0.2) is 13.1 Å². The van der Waals surface area contributed by atoms with Crippen molar-refractivity contribution in [2.45, 2.75) is 17.2 Å². The Bertz CT molecular complexity index is 612. The SMILES string of the molecule is CC(CS(C)=O)NS(=O)(=O)c1cc([N+](=O)[O-])c(Cl)s1. The monoisotopic (exact) mass is 346 g/mol. The van der Waals surface area contributed by atoms with Gasteiger partial charge in [0, 0.05) is 34.9 Å². The number of sulfonamides is 1. The summed E-state index contributed by atoms with van der Waals surface area (Å²) < 4.78 is 36.7. The second-order valence-corrected chi connectivity index (χ2v) is 8.82. The normalized spacial score (nSPS) is 15.1. The molecule has 0 spiro atoms. The third-order valence-corrected chi connectivity index (χ3v) is 6.32. The number of thiophene rings is 1. The van der Waals surface area contributed by atoms with Gasteiger partial charge in [-0.15, -0.1) is 11.3 Å². The molecule has 0 bridgehead atoms. The minimum absolute atomic E-state index is 0.153. The van der Waals surface area contributed by atoms with Crippen LogP contribution in [0.3, 0.4) is 0 Å². The summed E-state index contributed by atoms with van der Waals surface area (Å²) in [5.74, 6) is 0.153. The Kier molecular flexibility index (Phi) is 5.44. The van der Waals surface area contributed by atoms with Gasteiger partial charge in [0.25, 0.3) is 15.7 Å². The van der Waals surface area contributed by atoms with Crippen LogP contribution in [0.1, 0.15) is 6.92 Å². The summed E-state index contributed by atoms with van der Waals surface area (Å²) in [7, 11) is -5.05. The van der Waals surface area contributed by atoms with Crippen molar-refractivity contribution < 1.29 is 17.6 Å². The first-order valence-electron chi connectivity index (χ1n) is 4.89. The van der Waals surface area contributed by atoms with Gasteiger partial charge in [-0.05, 0) is 6.92 Å². The Hall–Kier alpha value is -0.550. The van der Waals surface area contributed by atoms with Crippen LogP contribution in [-0.2, 0) is 20.8 Å². The van der Waals surface area contributed by atoms with Crippen molar-refractivity contribution in [2.24, 2.45) is 0 Å². The highest BCUT2D eigenvalue weighted by atomic mass is 35.5. The summed E-state index contributed by atoms with van der Waals surface area (Å²) >= 11 is 6.21. The highest BCUT2D eigenvalue weighted by Crippen LogP contribution is 2.36. The highest BCUT2D eigenvalue weighted by molar-refractivity contribution is 7.91. The smallest absolute Gasteiger partial charge is 0.260 e. The lowest BCUT2D eigenvalue weighted by molar-refractivity contribution is -0.384. The zero-order valence-electron chi connectivity index (χ0n) is 9.95. The lowest BCUT2D eigenvalue weighted by atomic mass is 10.4. The first kappa shape index (κ1) is 16.5. The van der Waals surface area contributed by atoms with Gasteiger partial charge in [-0.3, -0.25) is 14.3 Å². The molecule has 0 saturated heterocycles.